The molecule has 1 saturated carbocycles. The third-order valence-corrected chi connectivity index (χ3v) is 8.14. The number of hydrogen-bond donors (Lipinski definition) is 0. The van der Waals surface area contributed by atoms with Crippen LogP contribution in [0.15, 0.2) is 64.3 Å². The Labute approximate surface area is 202 Å². The molecule has 184 valence electrons. The Hall–Kier alpha value is -3.62. The average Bonchev–Trinajstić information content (AvgIpc) is 3.54. The number of Topliss-reactive ketones (excluding diaryl/α,β-unsaturated/α-hetero) is 1. The van der Waals surface area contributed by atoms with Gasteiger partial charge >= 0.3 is 11.9 Å². The highest BCUT2D eigenvalue weighted by Gasteiger charge is 2.65. The molecule has 0 aromatic carbocycles. The van der Waals surface area contributed by atoms with Crippen molar-refractivity contribution in [1.29, 1.82) is 0 Å². The van der Waals surface area contributed by atoms with E-state index in [0.29, 0.717) is 25.0 Å². The number of hydrogen-bond acceptors (Lipinski definition) is 9. The zero-order valence-corrected chi connectivity index (χ0v) is 19.8. The average molecular weight is 482 g/mol. The van der Waals surface area contributed by atoms with Crippen molar-refractivity contribution in [3.8, 4) is 0 Å². The van der Waals surface area contributed by atoms with E-state index in [9.17, 15) is 14.4 Å². The number of furan rings is 1. The summed E-state index contributed by atoms with van der Waals surface area (Å²) in [7, 11) is 1.31. The number of aromatic nitrogens is 1. The highest BCUT2D eigenvalue weighted by Crippen LogP contribution is 2.66. The van der Waals surface area contributed by atoms with Crippen molar-refractivity contribution in [3.63, 3.8) is 0 Å². The number of methoxy groups -OCH3 is 1. The molecule has 9 heteroatoms. The number of fused-ring (bicyclic) bond motifs is 3. The molecule has 2 fully saturated rings. The van der Waals surface area contributed by atoms with Gasteiger partial charge in [0.15, 0.2) is 17.8 Å². The summed E-state index contributed by atoms with van der Waals surface area (Å²) in [5.74, 6) is -2.79. The first-order valence-electron chi connectivity index (χ1n) is 11.5. The number of allylic oxidation sites excluding steroid dienone is 2. The predicted octanol–water partition coefficient (Wildman–Crippen LogP) is 4.39. The smallest absolute Gasteiger partial charge is 0.365 e. The van der Waals surface area contributed by atoms with Crippen LogP contribution < -0.4 is 0 Å². The quantitative estimate of drug-likeness (QED) is 0.586. The number of nitrogens with zero attached hydrogens (tertiary/aromatic N) is 1. The van der Waals surface area contributed by atoms with Crippen molar-refractivity contribution in [1.82, 2.24) is 4.98 Å². The molecular formula is C26H27NO8. The molecule has 9 nitrogen and oxygen atoms in total. The van der Waals surface area contributed by atoms with Crippen molar-refractivity contribution in [2.75, 3.05) is 7.11 Å². The standard InChI is InChI=1S/C26H27NO8/c1-14-16-5-7-25(2)17(23(29)31-4)9-19(35-24(30)18-12-33-13-27-18)21(28)22(25)26(16,3)10-20(34-14)15-6-8-32-11-15/h6,8-9,11-13,16-17,20,22H,1,5,7,10H2,2-4H3/t16-,17-,20-,22-,25-,26-/m0/s1. The highest BCUT2D eigenvalue weighted by atomic mass is 16.5. The van der Waals surface area contributed by atoms with Gasteiger partial charge in [0.25, 0.3) is 0 Å². The van der Waals surface area contributed by atoms with E-state index in [4.69, 9.17) is 23.0 Å². The number of carbonyl (C=O) groups is 3. The number of rotatable bonds is 4. The monoisotopic (exact) mass is 481 g/mol. The molecular weight excluding hydrogens is 454 g/mol. The summed E-state index contributed by atoms with van der Waals surface area (Å²) in [6.07, 6.45) is 8.26. The molecule has 0 unspecified atom stereocenters. The first-order chi connectivity index (χ1) is 16.7. The maximum Gasteiger partial charge on any atom is 0.365 e. The van der Waals surface area contributed by atoms with Gasteiger partial charge in [0.2, 0.25) is 5.78 Å². The van der Waals surface area contributed by atoms with Crippen LogP contribution in [0, 0.1) is 28.6 Å². The molecule has 1 aliphatic heterocycles. The lowest BCUT2D eigenvalue weighted by atomic mass is 9.44. The molecule has 3 heterocycles. The van der Waals surface area contributed by atoms with Crippen LogP contribution in [0.5, 0.6) is 0 Å². The van der Waals surface area contributed by atoms with Crippen LogP contribution in [0.1, 0.15) is 55.3 Å². The molecule has 0 N–H and O–H groups in total. The maximum absolute atomic E-state index is 14.1. The molecule has 3 aliphatic rings. The summed E-state index contributed by atoms with van der Waals surface area (Å²) in [5, 5.41) is 0. The first kappa shape index (κ1) is 23.1. The molecule has 0 amide bonds. The fraction of sp³-hybridized carbons (Fsp3) is 0.462. The fourth-order valence-electron chi connectivity index (χ4n) is 6.54. The van der Waals surface area contributed by atoms with Gasteiger partial charge < -0.3 is 23.0 Å². The number of ether oxygens (including phenoxy) is 3. The third kappa shape index (κ3) is 3.52. The van der Waals surface area contributed by atoms with Crippen molar-refractivity contribution in [3.05, 3.63) is 66.7 Å². The molecule has 2 aromatic heterocycles. The van der Waals surface area contributed by atoms with Crippen LogP contribution in [0.2, 0.25) is 0 Å². The van der Waals surface area contributed by atoms with Gasteiger partial charge in [-0.2, -0.15) is 0 Å². The van der Waals surface area contributed by atoms with E-state index >= 15 is 0 Å². The zero-order chi connectivity index (χ0) is 25.0. The van der Waals surface area contributed by atoms with Gasteiger partial charge in [-0.1, -0.05) is 20.4 Å². The topological polar surface area (TPSA) is 118 Å². The zero-order valence-electron chi connectivity index (χ0n) is 19.8. The minimum atomic E-state index is -0.837. The molecule has 0 bridgehead atoms. The van der Waals surface area contributed by atoms with Crippen LogP contribution in [0.25, 0.3) is 0 Å². The van der Waals surface area contributed by atoms with Crippen LogP contribution in [-0.2, 0) is 23.8 Å². The van der Waals surface area contributed by atoms with Gasteiger partial charge in [0.1, 0.15) is 12.4 Å². The van der Waals surface area contributed by atoms with Gasteiger partial charge in [-0.05, 0) is 42.2 Å². The van der Waals surface area contributed by atoms with E-state index < -0.39 is 34.6 Å². The van der Waals surface area contributed by atoms with Gasteiger partial charge in [0.05, 0.1) is 31.3 Å². The van der Waals surface area contributed by atoms with Gasteiger partial charge in [-0.15, -0.1) is 0 Å². The summed E-state index contributed by atoms with van der Waals surface area (Å²) in [4.78, 5) is 43.4. The number of carbonyl (C=O) groups excluding carboxylic acids is 3. The van der Waals surface area contributed by atoms with Crippen LogP contribution in [0.4, 0.5) is 0 Å². The number of oxazole rings is 1. The summed E-state index contributed by atoms with van der Waals surface area (Å²) in [6, 6.07) is 1.83. The SMILES string of the molecule is C=C1O[C@H](c2ccoc2)C[C@]2(C)[C@H]3C(=O)C(OC(=O)c4cocn4)=C[C@@H](C(=O)OC)[C@]3(C)CC[C@@H]12. The Balaban J connectivity index is 1.58. The predicted molar refractivity (Wildman–Crippen MR) is 119 cm³/mol. The lowest BCUT2D eigenvalue weighted by Crippen LogP contribution is -2.60. The second-order valence-electron chi connectivity index (χ2n) is 10.0. The molecule has 35 heavy (non-hydrogen) atoms. The lowest BCUT2D eigenvalue weighted by molar-refractivity contribution is -0.174. The van der Waals surface area contributed by atoms with Gasteiger partial charge in [-0.25, -0.2) is 9.78 Å². The largest absolute Gasteiger partial charge is 0.490 e. The van der Waals surface area contributed by atoms with Crippen LogP contribution in [-0.4, -0.2) is 29.8 Å². The Morgan fingerprint density at radius 3 is 2.66 bits per heavy atom. The fourth-order valence-corrected chi connectivity index (χ4v) is 6.54. The van der Waals surface area contributed by atoms with Gasteiger partial charge in [0, 0.05) is 17.4 Å². The van der Waals surface area contributed by atoms with Crippen molar-refractivity contribution < 1.29 is 37.4 Å². The molecule has 2 aromatic rings. The van der Waals surface area contributed by atoms with E-state index in [-0.39, 0.29) is 29.3 Å². The summed E-state index contributed by atoms with van der Waals surface area (Å²) < 4.78 is 26.9. The second-order valence-corrected chi connectivity index (χ2v) is 10.0. The van der Waals surface area contributed by atoms with E-state index in [1.807, 2.05) is 19.9 Å². The molecule has 0 radical (unpaired) electrons. The van der Waals surface area contributed by atoms with Crippen molar-refractivity contribution in [2.45, 2.75) is 39.2 Å². The Morgan fingerprint density at radius 1 is 1.20 bits per heavy atom. The van der Waals surface area contributed by atoms with E-state index in [1.165, 1.54) is 13.2 Å². The lowest BCUT2D eigenvalue weighted by Gasteiger charge is -2.60. The number of esters is 2. The molecule has 6 atom stereocenters. The highest BCUT2D eigenvalue weighted by molar-refractivity contribution is 6.02. The minimum Gasteiger partial charge on any atom is -0.490 e. The summed E-state index contributed by atoms with van der Waals surface area (Å²) >= 11 is 0. The third-order valence-electron chi connectivity index (χ3n) is 8.14. The Morgan fingerprint density at radius 2 is 2.00 bits per heavy atom. The van der Waals surface area contributed by atoms with Crippen molar-refractivity contribution in [2.24, 2.45) is 28.6 Å². The van der Waals surface area contributed by atoms with E-state index in [1.54, 1.807) is 12.5 Å². The minimum absolute atomic E-state index is 0.0751. The normalized spacial score (nSPS) is 34.2. The molecule has 0 spiro atoms. The maximum atomic E-state index is 14.1. The molecule has 5 rings (SSSR count). The second kappa shape index (κ2) is 8.25. The molecule has 2 aliphatic carbocycles. The van der Waals surface area contributed by atoms with Crippen LogP contribution in [0.3, 0.4) is 0 Å². The van der Waals surface area contributed by atoms with Gasteiger partial charge in [-0.3, -0.25) is 9.59 Å². The van der Waals surface area contributed by atoms with Crippen LogP contribution >= 0.6 is 0 Å². The summed E-state index contributed by atoms with van der Waals surface area (Å²) in [6.45, 7) is 8.16. The summed E-state index contributed by atoms with van der Waals surface area (Å²) in [5.41, 5.74) is -0.612. The van der Waals surface area contributed by atoms with E-state index in [0.717, 1.165) is 18.2 Å². The van der Waals surface area contributed by atoms with Crippen molar-refractivity contribution >= 4 is 17.7 Å². The first-order valence-corrected chi connectivity index (χ1v) is 11.5. The van der Waals surface area contributed by atoms with E-state index in [2.05, 4.69) is 11.6 Å². The Kier molecular flexibility index (Phi) is 5.45. The number of ketones is 1. The Bertz CT molecular complexity index is 1200. The molecule has 1 saturated heterocycles.